The van der Waals surface area contributed by atoms with Crippen molar-refractivity contribution in [3.8, 4) is 0 Å². The van der Waals surface area contributed by atoms with Crippen molar-refractivity contribution >= 4 is 22.9 Å². The molecule has 2 aromatic rings. The van der Waals surface area contributed by atoms with Crippen LogP contribution in [0.2, 0.25) is 0 Å². The number of alkyl halides is 2. The fraction of sp³-hybridized carbons (Fsp3) is 0.364. The van der Waals surface area contributed by atoms with Crippen LogP contribution in [0.25, 0.3) is 0 Å². The fourth-order valence-electron chi connectivity index (χ4n) is 1.52. The van der Waals surface area contributed by atoms with Crippen molar-refractivity contribution in [2.45, 2.75) is 26.7 Å². The molecule has 2 N–H and O–H groups in total. The number of aryl methyl sites for hydroxylation is 2. The van der Waals surface area contributed by atoms with E-state index in [0.717, 1.165) is 11.4 Å². The summed E-state index contributed by atoms with van der Waals surface area (Å²) in [6.07, 6.45) is -0.575. The van der Waals surface area contributed by atoms with Crippen LogP contribution in [0.5, 0.6) is 0 Å². The molecule has 0 aliphatic rings. The SMILES string of the molecule is CCc1ncc(C(=O)Nc2c(C(F)F)n[nH]c2C)s1. The van der Waals surface area contributed by atoms with Crippen LogP contribution in [-0.2, 0) is 6.42 Å². The van der Waals surface area contributed by atoms with Crippen LogP contribution in [0, 0.1) is 6.92 Å². The highest BCUT2D eigenvalue weighted by Crippen LogP contribution is 2.28. The topological polar surface area (TPSA) is 70.7 Å². The highest BCUT2D eigenvalue weighted by Gasteiger charge is 2.21. The van der Waals surface area contributed by atoms with Crippen LogP contribution >= 0.6 is 11.3 Å². The molecule has 5 nitrogen and oxygen atoms in total. The molecule has 0 spiro atoms. The van der Waals surface area contributed by atoms with Gasteiger partial charge in [0.05, 0.1) is 22.6 Å². The lowest BCUT2D eigenvalue weighted by atomic mass is 10.3. The highest BCUT2D eigenvalue weighted by atomic mass is 32.1. The number of hydrogen-bond acceptors (Lipinski definition) is 4. The molecule has 102 valence electrons. The molecule has 0 saturated carbocycles. The van der Waals surface area contributed by atoms with E-state index in [1.165, 1.54) is 17.5 Å². The number of anilines is 1. The van der Waals surface area contributed by atoms with Crippen molar-refractivity contribution in [1.29, 1.82) is 0 Å². The first-order valence-electron chi connectivity index (χ1n) is 5.62. The van der Waals surface area contributed by atoms with E-state index >= 15 is 0 Å². The Kier molecular flexibility index (Phi) is 3.89. The third-order valence-corrected chi connectivity index (χ3v) is 3.64. The lowest BCUT2D eigenvalue weighted by Gasteiger charge is -2.04. The van der Waals surface area contributed by atoms with E-state index in [1.54, 1.807) is 6.92 Å². The third kappa shape index (κ3) is 2.78. The third-order valence-electron chi connectivity index (χ3n) is 2.50. The zero-order valence-electron chi connectivity index (χ0n) is 10.3. The van der Waals surface area contributed by atoms with Gasteiger partial charge < -0.3 is 5.32 Å². The molecule has 8 heteroatoms. The highest BCUT2D eigenvalue weighted by molar-refractivity contribution is 7.13. The summed E-state index contributed by atoms with van der Waals surface area (Å²) < 4.78 is 25.4. The van der Waals surface area contributed by atoms with E-state index in [4.69, 9.17) is 0 Å². The number of thiazole rings is 1. The standard InChI is InChI=1S/C11H12F2N4OS/c1-3-7-14-4-6(19-7)11(18)15-8-5(2)16-17-9(8)10(12)13/h4,10H,3H2,1-2H3,(H,15,18)(H,16,17). The first-order chi connectivity index (χ1) is 9.02. The number of halogens is 2. The fourth-order valence-corrected chi connectivity index (χ4v) is 2.27. The maximum Gasteiger partial charge on any atom is 0.284 e. The lowest BCUT2D eigenvalue weighted by Crippen LogP contribution is -2.12. The van der Waals surface area contributed by atoms with Gasteiger partial charge in [0.15, 0.2) is 5.69 Å². The van der Waals surface area contributed by atoms with Gasteiger partial charge in [-0.2, -0.15) is 5.10 Å². The zero-order chi connectivity index (χ0) is 14.0. The molecule has 0 aliphatic heterocycles. The predicted octanol–water partition coefficient (Wildman–Crippen LogP) is 2.93. The summed E-state index contributed by atoms with van der Waals surface area (Å²) in [5, 5.41) is 9.19. The molecule has 1 amide bonds. The van der Waals surface area contributed by atoms with Gasteiger partial charge in [-0.05, 0) is 13.3 Å². The summed E-state index contributed by atoms with van der Waals surface area (Å²) in [4.78, 5) is 16.4. The molecule has 0 unspecified atom stereocenters. The molecule has 0 aliphatic carbocycles. The first kappa shape index (κ1) is 13.6. The summed E-state index contributed by atoms with van der Waals surface area (Å²) in [5.74, 6) is -0.455. The molecule has 0 atom stereocenters. The Labute approximate surface area is 112 Å². The quantitative estimate of drug-likeness (QED) is 0.907. The summed E-state index contributed by atoms with van der Waals surface area (Å²) in [6.45, 7) is 3.49. The molecule has 0 aromatic carbocycles. The van der Waals surface area contributed by atoms with Gasteiger partial charge in [0.25, 0.3) is 12.3 Å². The summed E-state index contributed by atoms with van der Waals surface area (Å²) >= 11 is 1.24. The number of aromatic amines is 1. The molecule has 0 saturated heterocycles. The van der Waals surface area contributed by atoms with Gasteiger partial charge in [0.1, 0.15) is 4.88 Å². The number of rotatable bonds is 4. The Morgan fingerprint density at radius 2 is 2.32 bits per heavy atom. The normalized spacial score (nSPS) is 11.0. The molecule has 0 fully saturated rings. The summed E-state index contributed by atoms with van der Waals surface area (Å²) in [5.41, 5.74) is -0.0265. The number of nitrogens with one attached hydrogen (secondary N) is 2. The number of amides is 1. The second kappa shape index (κ2) is 5.43. The van der Waals surface area contributed by atoms with E-state index in [0.29, 0.717) is 10.6 Å². The van der Waals surface area contributed by atoms with Crippen molar-refractivity contribution < 1.29 is 13.6 Å². The number of carbonyl (C=O) groups excluding carboxylic acids is 1. The van der Waals surface area contributed by atoms with Gasteiger partial charge in [0, 0.05) is 0 Å². The van der Waals surface area contributed by atoms with Crippen molar-refractivity contribution in [1.82, 2.24) is 15.2 Å². The van der Waals surface area contributed by atoms with E-state index in [9.17, 15) is 13.6 Å². The van der Waals surface area contributed by atoms with Gasteiger partial charge in [-0.1, -0.05) is 6.92 Å². The Balaban J connectivity index is 2.21. The number of aromatic nitrogens is 3. The number of carbonyl (C=O) groups is 1. The number of nitrogens with zero attached hydrogens (tertiary/aromatic N) is 2. The van der Waals surface area contributed by atoms with Crippen molar-refractivity contribution in [2.75, 3.05) is 5.32 Å². The van der Waals surface area contributed by atoms with E-state index in [-0.39, 0.29) is 5.69 Å². The predicted molar refractivity (Wildman–Crippen MR) is 67.7 cm³/mol. The number of hydrogen-bond donors (Lipinski definition) is 2. The molecule has 2 rings (SSSR count). The van der Waals surface area contributed by atoms with Crippen LogP contribution in [0.15, 0.2) is 6.20 Å². The molecular weight excluding hydrogens is 274 g/mol. The molecule has 0 bridgehead atoms. The average molecular weight is 286 g/mol. The van der Waals surface area contributed by atoms with Gasteiger partial charge in [-0.25, -0.2) is 13.8 Å². The minimum absolute atomic E-state index is 0.0337. The van der Waals surface area contributed by atoms with Crippen molar-refractivity contribution in [2.24, 2.45) is 0 Å². The van der Waals surface area contributed by atoms with Crippen molar-refractivity contribution in [3.05, 3.63) is 27.5 Å². The number of H-pyrrole nitrogens is 1. The van der Waals surface area contributed by atoms with Crippen molar-refractivity contribution in [3.63, 3.8) is 0 Å². The van der Waals surface area contributed by atoms with E-state index in [1.807, 2.05) is 6.92 Å². The van der Waals surface area contributed by atoms with Crippen LogP contribution in [0.1, 0.15) is 39.4 Å². The zero-order valence-corrected chi connectivity index (χ0v) is 11.1. The molecule has 19 heavy (non-hydrogen) atoms. The largest absolute Gasteiger partial charge is 0.318 e. The van der Waals surface area contributed by atoms with Crippen LogP contribution < -0.4 is 5.32 Å². The van der Waals surface area contributed by atoms with Gasteiger partial charge in [-0.3, -0.25) is 9.89 Å². The van der Waals surface area contributed by atoms with Gasteiger partial charge in [0.2, 0.25) is 0 Å². The second-order valence-corrected chi connectivity index (χ2v) is 4.95. The van der Waals surface area contributed by atoms with Crippen LogP contribution in [0.4, 0.5) is 14.5 Å². The van der Waals surface area contributed by atoms with Crippen LogP contribution in [-0.4, -0.2) is 21.1 Å². The summed E-state index contributed by atoms with van der Waals surface area (Å²) in [6, 6.07) is 0. The maximum absolute atomic E-state index is 12.7. The Bertz CT molecular complexity index is 593. The summed E-state index contributed by atoms with van der Waals surface area (Å²) in [7, 11) is 0. The van der Waals surface area contributed by atoms with E-state index < -0.39 is 18.0 Å². The monoisotopic (exact) mass is 286 g/mol. The molecule has 2 heterocycles. The minimum atomic E-state index is -2.74. The van der Waals surface area contributed by atoms with Gasteiger partial charge >= 0.3 is 0 Å². The smallest absolute Gasteiger partial charge is 0.284 e. The average Bonchev–Trinajstić information content (AvgIpc) is 2.97. The Morgan fingerprint density at radius 3 is 2.89 bits per heavy atom. The Morgan fingerprint density at radius 1 is 1.58 bits per heavy atom. The maximum atomic E-state index is 12.7. The molecule has 0 radical (unpaired) electrons. The first-order valence-corrected chi connectivity index (χ1v) is 6.43. The van der Waals surface area contributed by atoms with Gasteiger partial charge in [-0.15, -0.1) is 11.3 Å². The lowest BCUT2D eigenvalue weighted by molar-refractivity contribution is 0.102. The molecule has 2 aromatic heterocycles. The molecular formula is C11H12F2N4OS. The second-order valence-electron chi connectivity index (χ2n) is 3.84. The van der Waals surface area contributed by atoms with E-state index in [2.05, 4.69) is 20.5 Å². The Hall–Kier alpha value is -1.83. The van der Waals surface area contributed by atoms with Crippen LogP contribution in [0.3, 0.4) is 0 Å². The minimum Gasteiger partial charge on any atom is -0.318 e.